The number of benzene rings is 1. The Morgan fingerprint density at radius 2 is 1.95 bits per heavy atom. The smallest absolute Gasteiger partial charge is 0.416 e. The maximum Gasteiger partial charge on any atom is 0.416 e. The summed E-state index contributed by atoms with van der Waals surface area (Å²) in [5.74, 6) is -1.24. The molecule has 0 saturated heterocycles. The van der Waals surface area contributed by atoms with E-state index in [2.05, 4.69) is 0 Å². The van der Waals surface area contributed by atoms with Gasteiger partial charge in [0, 0.05) is 6.54 Å². The zero-order valence-corrected chi connectivity index (χ0v) is 11.2. The first-order valence-electron chi connectivity index (χ1n) is 5.38. The Morgan fingerprint density at radius 1 is 1.35 bits per heavy atom. The molecular weight excluding hydrogens is 299 g/mol. The van der Waals surface area contributed by atoms with Crippen molar-refractivity contribution < 1.29 is 31.5 Å². The van der Waals surface area contributed by atoms with E-state index in [1.165, 1.54) is 6.07 Å². The Balaban J connectivity index is 3.18. The van der Waals surface area contributed by atoms with Gasteiger partial charge in [0.1, 0.15) is 0 Å². The topological polar surface area (TPSA) is 74.7 Å². The first-order valence-corrected chi connectivity index (χ1v) is 7.23. The fraction of sp³-hybridized carbons (Fsp3) is 0.364. The molecule has 0 amide bonds. The summed E-state index contributed by atoms with van der Waals surface area (Å²) < 4.78 is 61.5. The first-order chi connectivity index (χ1) is 9.01. The predicted octanol–water partition coefficient (Wildman–Crippen LogP) is 1.95. The number of carbonyl (C=O) groups is 1. The minimum Gasteiger partial charge on any atom is -0.481 e. The molecule has 0 aromatic heterocycles. The molecule has 0 spiro atoms. The number of carboxylic acid groups (broad SMARTS) is 1. The zero-order chi connectivity index (χ0) is 15.6. The first kappa shape index (κ1) is 16.3. The highest BCUT2D eigenvalue weighted by Gasteiger charge is 2.31. The van der Waals surface area contributed by atoms with Crippen molar-refractivity contribution in [1.82, 2.24) is 0 Å². The fourth-order valence-electron chi connectivity index (χ4n) is 1.52. The van der Waals surface area contributed by atoms with Gasteiger partial charge in [0.2, 0.25) is 10.0 Å². The van der Waals surface area contributed by atoms with Crippen LogP contribution >= 0.6 is 0 Å². The van der Waals surface area contributed by atoms with E-state index in [4.69, 9.17) is 5.11 Å². The zero-order valence-electron chi connectivity index (χ0n) is 10.4. The molecule has 0 radical (unpaired) electrons. The average Bonchev–Trinajstić information content (AvgIpc) is 2.26. The van der Waals surface area contributed by atoms with Crippen LogP contribution in [0.1, 0.15) is 12.0 Å². The van der Waals surface area contributed by atoms with Gasteiger partial charge in [-0.15, -0.1) is 0 Å². The van der Waals surface area contributed by atoms with E-state index in [1.54, 1.807) is 0 Å². The van der Waals surface area contributed by atoms with E-state index in [-0.39, 0.29) is 5.69 Å². The molecule has 0 heterocycles. The van der Waals surface area contributed by atoms with Gasteiger partial charge in [0.05, 0.1) is 23.9 Å². The quantitative estimate of drug-likeness (QED) is 0.902. The van der Waals surface area contributed by atoms with Crippen LogP contribution < -0.4 is 4.31 Å². The lowest BCUT2D eigenvalue weighted by Crippen LogP contribution is -2.32. The molecule has 0 fully saturated rings. The third-order valence-electron chi connectivity index (χ3n) is 2.39. The van der Waals surface area contributed by atoms with Crippen molar-refractivity contribution in [2.75, 3.05) is 17.1 Å². The van der Waals surface area contributed by atoms with Gasteiger partial charge in [-0.1, -0.05) is 6.07 Å². The van der Waals surface area contributed by atoms with Crippen LogP contribution in [0.3, 0.4) is 0 Å². The molecule has 20 heavy (non-hydrogen) atoms. The predicted molar refractivity (Wildman–Crippen MR) is 65.9 cm³/mol. The van der Waals surface area contributed by atoms with Crippen LogP contribution in [0.5, 0.6) is 0 Å². The Morgan fingerprint density at radius 3 is 2.40 bits per heavy atom. The summed E-state index contributed by atoms with van der Waals surface area (Å²) >= 11 is 0. The summed E-state index contributed by atoms with van der Waals surface area (Å²) in [6.45, 7) is -0.435. The minimum atomic E-state index is -4.61. The fourth-order valence-corrected chi connectivity index (χ4v) is 2.44. The molecule has 1 rings (SSSR count). The summed E-state index contributed by atoms with van der Waals surface area (Å²) in [5, 5.41) is 8.56. The largest absolute Gasteiger partial charge is 0.481 e. The van der Waals surface area contributed by atoms with Gasteiger partial charge in [-0.25, -0.2) is 8.42 Å². The highest BCUT2D eigenvalue weighted by atomic mass is 32.2. The van der Waals surface area contributed by atoms with Crippen LogP contribution in [0.25, 0.3) is 0 Å². The molecule has 0 aliphatic rings. The Labute approximate surface area is 113 Å². The van der Waals surface area contributed by atoms with E-state index in [0.29, 0.717) is 10.4 Å². The molecular formula is C11H12F3NO4S. The van der Waals surface area contributed by atoms with E-state index in [0.717, 1.165) is 18.4 Å². The molecule has 1 N–H and O–H groups in total. The maximum absolute atomic E-state index is 12.6. The third-order valence-corrected chi connectivity index (χ3v) is 3.58. The number of carboxylic acids is 1. The molecule has 0 bridgehead atoms. The summed E-state index contributed by atoms with van der Waals surface area (Å²) in [7, 11) is -3.87. The van der Waals surface area contributed by atoms with Gasteiger partial charge in [0.25, 0.3) is 0 Å². The van der Waals surface area contributed by atoms with E-state index < -0.39 is 40.7 Å². The highest BCUT2D eigenvalue weighted by molar-refractivity contribution is 7.92. The molecule has 1 aromatic carbocycles. The molecule has 5 nitrogen and oxygen atoms in total. The summed E-state index contributed by atoms with van der Waals surface area (Å²) in [6, 6.07) is 3.72. The lowest BCUT2D eigenvalue weighted by molar-refractivity contribution is -0.138. The van der Waals surface area contributed by atoms with Crippen molar-refractivity contribution in [2.45, 2.75) is 12.6 Å². The van der Waals surface area contributed by atoms with Crippen LogP contribution in [-0.4, -0.2) is 32.3 Å². The second kappa shape index (κ2) is 5.70. The highest BCUT2D eigenvalue weighted by Crippen LogP contribution is 2.32. The van der Waals surface area contributed by atoms with Crippen molar-refractivity contribution in [3.05, 3.63) is 29.8 Å². The van der Waals surface area contributed by atoms with Gasteiger partial charge in [-0.05, 0) is 18.2 Å². The average molecular weight is 311 g/mol. The van der Waals surface area contributed by atoms with E-state index in [1.807, 2.05) is 0 Å². The standard InChI is InChI=1S/C11H12F3NO4S/c1-20(18,19)15(6-5-10(16)17)9-4-2-3-8(7-9)11(12,13)14/h2-4,7H,5-6H2,1H3,(H,16,17). The normalized spacial score (nSPS) is 12.2. The molecule has 0 saturated carbocycles. The molecule has 9 heteroatoms. The second-order valence-electron chi connectivity index (χ2n) is 4.03. The molecule has 1 aromatic rings. The Bertz CT molecular complexity index is 598. The molecule has 0 aliphatic carbocycles. The minimum absolute atomic E-state index is 0.219. The van der Waals surface area contributed by atoms with Gasteiger partial charge in [-0.3, -0.25) is 9.10 Å². The Hall–Kier alpha value is -1.77. The van der Waals surface area contributed by atoms with Crippen LogP contribution in [0.15, 0.2) is 24.3 Å². The second-order valence-corrected chi connectivity index (χ2v) is 5.93. The number of nitrogens with zero attached hydrogens (tertiary/aromatic N) is 1. The van der Waals surface area contributed by atoms with E-state index in [9.17, 15) is 26.4 Å². The summed E-state index contributed by atoms with van der Waals surface area (Å²) in [4.78, 5) is 10.5. The van der Waals surface area contributed by atoms with Gasteiger partial charge >= 0.3 is 12.1 Å². The lowest BCUT2D eigenvalue weighted by Gasteiger charge is -2.22. The molecule has 0 atom stereocenters. The molecule has 112 valence electrons. The SMILES string of the molecule is CS(=O)(=O)N(CCC(=O)O)c1cccc(C(F)(F)F)c1. The number of hydrogen-bond donors (Lipinski definition) is 1. The summed E-state index contributed by atoms with van der Waals surface area (Å²) in [6.07, 6.45) is -4.32. The van der Waals surface area contributed by atoms with Crippen molar-refractivity contribution in [3.63, 3.8) is 0 Å². The van der Waals surface area contributed by atoms with Crippen molar-refractivity contribution in [2.24, 2.45) is 0 Å². The van der Waals surface area contributed by atoms with Crippen molar-refractivity contribution in [1.29, 1.82) is 0 Å². The van der Waals surface area contributed by atoms with Crippen LogP contribution in [0.2, 0.25) is 0 Å². The number of halogens is 3. The monoisotopic (exact) mass is 311 g/mol. The number of aliphatic carboxylic acids is 1. The van der Waals surface area contributed by atoms with Crippen molar-refractivity contribution >= 4 is 21.7 Å². The lowest BCUT2D eigenvalue weighted by atomic mass is 10.2. The van der Waals surface area contributed by atoms with Gasteiger partial charge < -0.3 is 5.11 Å². The Kier molecular flexibility index (Phi) is 4.64. The third kappa shape index (κ3) is 4.41. The van der Waals surface area contributed by atoms with Crippen LogP contribution in [0, 0.1) is 0 Å². The molecule has 0 aliphatic heterocycles. The summed E-state index contributed by atoms with van der Waals surface area (Å²) in [5.41, 5.74) is -1.22. The number of alkyl halides is 3. The van der Waals surface area contributed by atoms with Gasteiger partial charge in [0.15, 0.2) is 0 Å². The number of rotatable bonds is 5. The maximum atomic E-state index is 12.6. The van der Waals surface area contributed by atoms with Gasteiger partial charge in [-0.2, -0.15) is 13.2 Å². The van der Waals surface area contributed by atoms with Crippen molar-refractivity contribution in [3.8, 4) is 0 Å². The number of anilines is 1. The number of hydrogen-bond acceptors (Lipinski definition) is 3. The van der Waals surface area contributed by atoms with E-state index >= 15 is 0 Å². The van der Waals surface area contributed by atoms with Crippen LogP contribution in [0.4, 0.5) is 18.9 Å². The number of sulfonamides is 1. The molecule has 0 unspecified atom stereocenters. The van der Waals surface area contributed by atoms with Crippen LogP contribution in [-0.2, 0) is 21.0 Å².